The van der Waals surface area contributed by atoms with Crippen LogP contribution in [-0.2, 0) is 4.79 Å². The Labute approximate surface area is 118 Å². The molecule has 20 heavy (non-hydrogen) atoms. The quantitative estimate of drug-likeness (QED) is 0.835. The van der Waals surface area contributed by atoms with Crippen molar-refractivity contribution < 1.29 is 9.18 Å². The van der Waals surface area contributed by atoms with E-state index in [1.165, 1.54) is 18.2 Å². The molecular formula is C17H16FNO. The molecule has 0 unspecified atom stereocenters. The van der Waals surface area contributed by atoms with Gasteiger partial charge in [0.05, 0.1) is 0 Å². The molecule has 0 aromatic heterocycles. The summed E-state index contributed by atoms with van der Waals surface area (Å²) in [6.07, 6.45) is 3.18. The van der Waals surface area contributed by atoms with Gasteiger partial charge in [0, 0.05) is 11.8 Å². The van der Waals surface area contributed by atoms with Crippen molar-refractivity contribution in [3.05, 3.63) is 71.0 Å². The highest BCUT2D eigenvalue weighted by Crippen LogP contribution is 2.16. The molecule has 1 amide bonds. The molecule has 0 aliphatic carbocycles. The van der Waals surface area contributed by atoms with Gasteiger partial charge in [0.25, 0.3) is 0 Å². The summed E-state index contributed by atoms with van der Waals surface area (Å²) in [5, 5.41) is 2.67. The third kappa shape index (κ3) is 3.79. The summed E-state index contributed by atoms with van der Waals surface area (Å²) in [5.41, 5.74) is 3.40. The third-order valence-electron chi connectivity index (χ3n) is 2.93. The van der Waals surface area contributed by atoms with Gasteiger partial charge in [-0.2, -0.15) is 0 Å². The second kappa shape index (κ2) is 6.15. The number of hydrogen-bond acceptors (Lipinski definition) is 1. The predicted octanol–water partition coefficient (Wildman–Crippen LogP) is 4.09. The summed E-state index contributed by atoms with van der Waals surface area (Å²) >= 11 is 0. The van der Waals surface area contributed by atoms with Crippen molar-refractivity contribution in [3.63, 3.8) is 0 Å². The summed E-state index contributed by atoms with van der Waals surface area (Å²) < 4.78 is 13.1. The second-order valence-electron chi connectivity index (χ2n) is 4.70. The van der Waals surface area contributed by atoms with Crippen LogP contribution in [0.1, 0.15) is 16.7 Å². The third-order valence-corrected chi connectivity index (χ3v) is 2.93. The van der Waals surface area contributed by atoms with Gasteiger partial charge in [-0.3, -0.25) is 4.79 Å². The van der Waals surface area contributed by atoms with E-state index < -0.39 is 0 Å². The zero-order valence-corrected chi connectivity index (χ0v) is 11.5. The van der Waals surface area contributed by atoms with Gasteiger partial charge in [0.1, 0.15) is 5.82 Å². The van der Waals surface area contributed by atoms with Crippen LogP contribution >= 0.6 is 0 Å². The zero-order chi connectivity index (χ0) is 14.5. The summed E-state index contributed by atoms with van der Waals surface area (Å²) in [4.78, 5) is 11.8. The minimum atomic E-state index is -0.367. The molecule has 0 saturated carbocycles. The van der Waals surface area contributed by atoms with E-state index in [1.54, 1.807) is 12.1 Å². The molecule has 2 aromatic carbocycles. The number of anilines is 1. The van der Waals surface area contributed by atoms with Crippen molar-refractivity contribution in [1.82, 2.24) is 0 Å². The number of amides is 1. The molecule has 102 valence electrons. The first kappa shape index (κ1) is 14.0. The molecule has 0 heterocycles. The number of aryl methyl sites for hydroxylation is 2. The molecule has 2 aromatic rings. The van der Waals surface area contributed by atoms with E-state index in [0.717, 1.165) is 16.7 Å². The van der Waals surface area contributed by atoms with Crippen LogP contribution in [0.4, 0.5) is 10.1 Å². The maximum absolute atomic E-state index is 13.1. The van der Waals surface area contributed by atoms with Gasteiger partial charge in [-0.25, -0.2) is 4.39 Å². The molecule has 0 saturated heterocycles. The SMILES string of the molecule is Cc1cccc(/C=C/C(=O)Nc2cc(F)ccc2C)c1. The van der Waals surface area contributed by atoms with Crippen molar-refractivity contribution in [3.8, 4) is 0 Å². The van der Waals surface area contributed by atoms with Crippen molar-refractivity contribution in [2.45, 2.75) is 13.8 Å². The Kier molecular flexibility index (Phi) is 4.31. The maximum atomic E-state index is 13.1. The molecule has 0 bridgehead atoms. The van der Waals surface area contributed by atoms with Crippen LogP contribution in [0.15, 0.2) is 48.5 Å². The fraction of sp³-hybridized carbons (Fsp3) is 0.118. The highest BCUT2D eigenvalue weighted by atomic mass is 19.1. The van der Waals surface area contributed by atoms with Crippen LogP contribution in [0, 0.1) is 19.7 Å². The molecule has 0 aliphatic heterocycles. The Morgan fingerprint density at radius 3 is 2.70 bits per heavy atom. The van der Waals surface area contributed by atoms with Gasteiger partial charge in [-0.05, 0) is 43.2 Å². The second-order valence-corrected chi connectivity index (χ2v) is 4.70. The van der Waals surface area contributed by atoms with E-state index in [9.17, 15) is 9.18 Å². The lowest BCUT2D eigenvalue weighted by atomic mass is 10.1. The van der Waals surface area contributed by atoms with Crippen molar-refractivity contribution in [1.29, 1.82) is 0 Å². The Hall–Kier alpha value is -2.42. The molecule has 2 nitrogen and oxygen atoms in total. The number of hydrogen-bond donors (Lipinski definition) is 1. The monoisotopic (exact) mass is 269 g/mol. The minimum absolute atomic E-state index is 0.278. The number of benzene rings is 2. The molecule has 1 N–H and O–H groups in total. The first-order valence-electron chi connectivity index (χ1n) is 6.36. The predicted molar refractivity (Wildman–Crippen MR) is 80.0 cm³/mol. The van der Waals surface area contributed by atoms with Gasteiger partial charge in [0.2, 0.25) is 5.91 Å². The standard InChI is InChI=1S/C17H16FNO/c1-12-4-3-5-14(10-12)7-9-17(20)19-16-11-15(18)8-6-13(16)2/h3-11H,1-2H3,(H,19,20)/b9-7+. The highest BCUT2D eigenvalue weighted by Gasteiger charge is 2.03. The Morgan fingerprint density at radius 2 is 1.95 bits per heavy atom. The topological polar surface area (TPSA) is 29.1 Å². The van der Waals surface area contributed by atoms with E-state index in [0.29, 0.717) is 5.69 Å². The molecule has 0 aliphatic rings. The normalized spacial score (nSPS) is 10.8. The number of halogens is 1. The number of carbonyl (C=O) groups is 1. The van der Waals surface area contributed by atoms with Crippen molar-refractivity contribution >= 4 is 17.7 Å². The number of rotatable bonds is 3. The summed E-state index contributed by atoms with van der Waals surface area (Å²) in [6.45, 7) is 3.81. The fourth-order valence-electron chi connectivity index (χ4n) is 1.85. The Bertz CT molecular complexity index is 662. The van der Waals surface area contributed by atoms with E-state index in [1.807, 2.05) is 38.1 Å². The lowest BCUT2D eigenvalue weighted by molar-refractivity contribution is -0.111. The maximum Gasteiger partial charge on any atom is 0.248 e. The lowest BCUT2D eigenvalue weighted by Gasteiger charge is -2.06. The Balaban J connectivity index is 2.07. The van der Waals surface area contributed by atoms with Crippen LogP contribution in [0.25, 0.3) is 6.08 Å². The van der Waals surface area contributed by atoms with Crippen LogP contribution in [0.2, 0.25) is 0 Å². The zero-order valence-electron chi connectivity index (χ0n) is 11.5. The van der Waals surface area contributed by atoms with E-state index >= 15 is 0 Å². The van der Waals surface area contributed by atoms with Gasteiger partial charge in [-0.1, -0.05) is 35.9 Å². The van der Waals surface area contributed by atoms with Crippen LogP contribution in [-0.4, -0.2) is 5.91 Å². The molecule has 0 radical (unpaired) electrons. The lowest BCUT2D eigenvalue weighted by Crippen LogP contribution is -2.09. The molecule has 3 heteroatoms. The van der Waals surface area contributed by atoms with Crippen LogP contribution < -0.4 is 5.32 Å². The van der Waals surface area contributed by atoms with Crippen molar-refractivity contribution in [2.24, 2.45) is 0 Å². The summed E-state index contributed by atoms with van der Waals surface area (Å²) in [6, 6.07) is 12.1. The summed E-state index contributed by atoms with van der Waals surface area (Å²) in [7, 11) is 0. The van der Waals surface area contributed by atoms with Crippen LogP contribution in [0.3, 0.4) is 0 Å². The smallest absolute Gasteiger partial charge is 0.248 e. The summed E-state index contributed by atoms with van der Waals surface area (Å²) in [5.74, 6) is -0.645. The highest BCUT2D eigenvalue weighted by molar-refractivity contribution is 6.02. The van der Waals surface area contributed by atoms with E-state index in [2.05, 4.69) is 5.32 Å². The number of nitrogens with one attached hydrogen (secondary N) is 1. The fourth-order valence-corrected chi connectivity index (χ4v) is 1.85. The van der Waals surface area contributed by atoms with Gasteiger partial charge in [-0.15, -0.1) is 0 Å². The average Bonchev–Trinajstić information content (AvgIpc) is 2.41. The molecule has 0 fully saturated rings. The van der Waals surface area contributed by atoms with Gasteiger partial charge < -0.3 is 5.32 Å². The van der Waals surface area contributed by atoms with E-state index in [-0.39, 0.29) is 11.7 Å². The molecule has 0 spiro atoms. The van der Waals surface area contributed by atoms with Gasteiger partial charge >= 0.3 is 0 Å². The first-order valence-corrected chi connectivity index (χ1v) is 6.36. The average molecular weight is 269 g/mol. The largest absolute Gasteiger partial charge is 0.322 e. The molecule has 0 atom stereocenters. The Morgan fingerprint density at radius 1 is 1.15 bits per heavy atom. The number of carbonyl (C=O) groups excluding carboxylic acids is 1. The van der Waals surface area contributed by atoms with Crippen LogP contribution in [0.5, 0.6) is 0 Å². The molecule has 2 rings (SSSR count). The molecular weight excluding hydrogens is 253 g/mol. The van der Waals surface area contributed by atoms with Gasteiger partial charge in [0.15, 0.2) is 0 Å². The minimum Gasteiger partial charge on any atom is -0.322 e. The van der Waals surface area contributed by atoms with E-state index in [4.69, 9.17) is 0 Å². The van der Waals surface area contributed by atoms with Crippen molar-refractivity contribution in [2.75, 3.05) is 5.32 Å². The first-order chi connectivity index (χ1) is 9.54.